The third-order valence-electron chi connectivity index (χ3n) is 1.74. The first-order chi connectivity index (χ1) is 5.69. The van der Waals surface area contributed by atoms with Crippen molar-refractivity contribution in [1.29, 1.82) is 0 Å². The lowest BCUT2D eigenvalue weighted by Crippen LogP contribution is -2.51. The van der Waals surface area contributed by atoms with Crippen LogP contribution >= 0.6 is 0 Å². The number of nitrogens with one attached hydrogen (secondary N) is 1. The molecule has 4 N–H and O–H groups in total. The van der Waals surface area contributed by atoms with Crippen LogP contribution in [-0.2, 0) is 4.79 Å². The Hall–Kier alpha value is -0.610. The first-order valence-corrected chi connectivity index (χ1v) is 4.37. The molecule has 0 atom stereocenters. The summed E-state index contributed by atoms with van der Waals surface area (Å²) in [6.07, 6.45) is 0. The minimum atomic E-state index is -0.856. The monoisotopic (exact) mass is 188 g/mol. The largest absolute Gasteiger partial charge is 0.396 e. The minimum absolute atomic E-state index is 0.0400. The Labute approximate surface area is 79.5 Å². The highest BCUT2D eigenvalue weighted by Gasteiger charge is 2.24. The van der Waals surface area contributed by atoms with Crippen molar-refractivity contribution < 1.29 is 9.90 Å². The summed E-state index contributed by atoms with van der Waals surface area (Å²) in [6.45, 7) is 7.51. The normalized spacial score (nSPS) is 12.8. The molecule has 78 valence electrons. The number of carbonyl (C=O) groups is 1. The maximum atomic E-state index is 11.3. The van der Waals surface area contributed by atoms with Gasteiger partial charge < -0.3 is 16.2 Å². The molecule has 0 fully saturated rings. The van der Waals surface area contributed by atoms with Crippen molar-refractivity contribution in [3.05, 3.63) is 0 Å². The van der Waals surface area contributed by atoms with Crippen LogP contribution in [0.3, 0.4) is 0 Å². The van der Waals surface area contributed by atoms with E-state index in [1.54, 1.807) is 13.8 Å². The Morgan fingerprint density at radius 3 is 2.15 bits per heavy atom. The van der Waals surface area contributed by atoms with Crippen molar-refractivity contribution in [2.75, 3.05) is 13.2 Å². The number of rotatable bonds is 4. The smallest absolute Gasteiger partial charge is 0.239 e. The molecule has 0 aliphatic rings. The number of aliphatic hydroxyl groups is 1. The van der Waals surface area contributed by atoms with Gasteiger partial charge in [-0.1, -0.05) is 13.8 Å². The fourth-order valence-corrected chi connectivity index (χ4v) is 0.603. The molecule has 0 aliphatic carbocycles. The van der Waals surface area contributed by atoms with Gasteiger partial charge in [0.15, 0.2) is 0 Å². The van der Waals surface area contributed by atoms with Crippen LogP contribution in [0.5, 0.6) is 0 Å². The Morgan fingerprint density at radius 2 is 1.85 bits per heavy atom. The maximum Gasteiger partial charge on any atom is 0.239 e. The molecule has 0 saturated heterocycles. The number of amides is 1. The quantitative estimate of drug-likeness (QED) is 0.574. The van der Waals surface area contributed by atoms with E-state index in [-0.39, 0.29) is 17.9 Å². The van der Waals surface area contributed by atoms with Crippen LogP contribution < -0.4 is 11.1 Å². The second-order valence-electron chi connectivity index (χ2n) is 4.73. The van der Waals surface area contributed by atoms with E-state index in [0.717, 1.165) is 0 Å². The lowest BCUT2D eigenvalue weighted by molar-refractivity contribution is -0.125. The van der Waals surface area contributed by atoms with Gasteiger partial charge in [0, 0.05) is 18.6 Å². The van der Waals surface area contributed by atoms with Crippen molar-refractivity contribution in [2.45, 2.75) is 33.2 Å². The van der Waals surface area contributed by atoms with Crippen LogP contribution in [0.25, 0.3) is 0 Å². The summed E-state index contributed by atoms with van der Waals surface area (Å²) in [5, 5.41) is 11.6. The second kappa shape index (κ2) is 4.07. The van der Waals surface area contributed by atoms with Gasteiger partial charge in [0.05, 0.1) is 5.54 Å². The third-order valence-corrected chi connectivity index (χ3v) is 1.74. The lowest BCUT2D eigenvalue weighted by Gasteiger charge is -2.25. The summed E-state index contributed by atoms with van der Waals surface area (Å²) in [7, 11) is 0. The zero-order chi connectivity index (χ0) is 10.7. The molecule has 0 aliphatic heterocycles. The molecular weight excluding hydrogens is 168 g/mol. The molecule has 0 rings (SSSR count). The fourth-order valence-electron chi connectivity index (χ4n) is 0.603. The standard InChI is InChI=1S/C9H20N2O2/c1-8(2,6-12)5-11-7(13)9(3,4)10/h12H,5-6,10H2,1-4H3,(H,11,13). The van der Waals surface area contributed by atoms with E-state index in [0.29, 0.717) is 6.54 Å². The minimum Gasteiger partial charge on any atom is -0.396 e. The maximum absolute atomic E-state index is 11.3. The molecule has 0 aromatic rings. The van der Waals surface area contributed by atoms with Crippen LogP contribution in [-0.4, -0.2) is 29.7 Å². The lowest BCUT2D eigenvalue weighted by atomic mass is 9.94. The molecule has 0 aromatic carbocycles. The number of aliphatic hydroxyl groups excluding tert-OH is 1. The van der Waals surface area contributed by atoms with Crippen LogP contribution in [0.4, 0.5) is 0 Å². The van der Waals surface area contributed by atoms with Gasteiger partial charge in [0.1, 0.15) is 0 Å². The molecular formula is C9H20N2O2. The fraction of sp³-hybridized carbons (Fsp3) is 0.889. The zero-order valence-electron chi connectivity index (χ0n) is 8.85. The zero-order valence-corrected chi connectivity index (χ0v) is 8.85. The summed E-state index contributed by atoms with van der Waals surface area (Å²) >= 11 is 0. The molecule has 1 amide bonds. The molecule has 0 radical (unpaired) electrons. The van der Waals surface area contributed by atoms with E-state index in [4.69, 9.17) is 10.8 Å². The Kier molecular flexibility index (Phi) is 3.88. The molecule has 4 heteroatoms. The van der Waals surface area contributed by atoms with Crippen molar-refractivity contribution >= 4 is 5.91 Å². The molecule has 0 unspecified atom stereocenters. The molecule has 13 heavy (non-hydrogen) atoms. The van der Waals surface area contributed by atoms with Crippen molar-refractivity contribution in [1.82, 2.24) is 5.32 Å². The molecule has 0 saturated carbocycles. The average molecular weight is 188 g/mol. The van der Waals surface area contributed by atoms with Gasteiger partial charge in [-0.25, -0.2) is 0 Å². The second-order valence-corrected chi connectivity index (χ2v) is 4.73. The Bertz CT molecular complexity index is 183. The number of hydrogen-bond donors (Lipinski definition) is 3. The molecule has 0 bridgehead atoms. The molecule has 0 spiro atoms. The van der Waals surface area contributed by atoms with E-state index >= 15 is 0 Å². The van der Waals surface area contributed by atoms with Gasteiger partial charge in [0.2, 0.25) is 5.91 Å². The summed E-state index contributed by atoms with van der Waals surface area (Å²) < 4.78 is 0. The van der Waals surface area contributed by atoms with Crippen LogP contribution in [0.15, 0.2) is 0 Å². The Balaban J connectivity index is 3.98. The van der Waals surface area contributed by atoms with Gasteiger partial charge in [-0.05, 0) is 13.8 Å². The van der Waals surface area contributed by atoms with Gasteiger partial charge >= 0.3 is 0 Å². The summed E-state index contributed by atoms with van der Waals surface area (Å²) in [5.41, 5.74) is 4.43. The Morgan fingerprint density at radius 1 is 1.38 bits per heavy atom. The highest BCUT2D eigenvalue weighted by atomic mass is 16.3. The number of nitrogens with two attached hydrogens (primary N) is 1. The van der Waals surface area contributed by atoms with Gasteiger partial charge in [0.25, 0.3) is 0 Å². The number of hydrogen-bond acceptors (Lipinski definition) is 3. The van der Waals surface area contributed by atoms with Gasteiger partial charge in [-0.2, -0.15) is 0 Å². The number of carbonyl (C=O) groups excluding carboxylic acids is 1. The molecule has 4 nitrogen and oxygen atoms in total. The highest BCUT2D eigenvalue weighted by Crippen LogP contribution is 2.11. The topological polar surface area (TPSA) is 75.3 Å². The van der Waals surface area contributed by atoms with Gasteiger partial charge in [-0.3, -0.25) is 4.79 Å². The van der Waals surface area contributed by atoms with E-state index < -0.39 is 5.54 Å². The van der Waals surface area contributed by atoms with Crippen LogP contribution in [0, 0.1) is 5.41 Å². The van der Waals surface area contributed by atoms with Crippen molar-refractivity contribution in [2.24, 2.45) is 11.1 Å². The predicted octanol–water partition coefficient (Wildman–Crippen LogP) is -0.142. The average Bonchev–Trinajstić information content (AvgIpc) is 1.98. The summed E-state index contributed by atoms with van der Waals surface area (Å²) in [6, 6.07) is 0. The molecule has 0 aromatic heterocycles. The van der Waals surface area contributed by atoms with Crippen molar-refractivity contribution in [3.8, 4) is 0 Å². The van der Waals surface area contributed by atoms with Crippen molar-refractivity contribution in [3.63, 3.8) is 0 Å². The predicted molar refractivity (Wildman–Crippen MR) is 52.1 cm³/mol. The third kappa shape index (κ3) is 4.85. The van der Waals surface area contributed by atoms with E-state index in [9.17, 15) is 4.79 Å². The SMILES string of the molecule is CC(C)(CO)CNC(=O)C(C)(C)N. The van der Waals surface area contributed by atoms with Crippen LogP contribution in [0.2, 0.25) is 0 Å². The first-order valence-electron chi connectivity index (χ1n) is 4.37. The molecule has 0 heterocycles. The summed E-state index contributed by atoms with van der Waals surface area (Å²) in [4.78, 5) is 11.3. The van der Waals surface area contributed by atoms with E-state index in [2.05, 4.69) is 5.32 Å². The first kappa shape index (κ1) is 12.4. The van der Waals surface area contributed by atoms with E-state index in [1.807, 2.05) is 13.8 Å². The summed E-state index contributed by atoms with van der Waals surface area (Å²) in [5.74, 6) is -0.200. The highest BCUT2D eigenvalue weighted by molar-refractivity contribution is 5.85. The van der Waals surface area contributed by atoms with E-state index in [1.165, 1.54) is 0 Å². The van der Waals surface area contributed by atoms with Crippen LogP contribution in [0.1, 0.15) is 27.7 Å². The van der Waals surface area contributed by atoms with Gasteiger partial charge in [-0.15, -0.1) is 0 Å².